The van der Waals surface area contributed by atoms with E-state index in [4.69, 9.17) is 23.2 Å². The van der Waals surface area contributed by atoms with Crippen molar-refractivity contribution in [3.63, 3.8) is 0 Å². The molecule has 0 amide bonds. The predicted octanol–water partition coefficient (Wildman–Crippen LogP) is 5.63. The second-order valence-electron chi connectivity index (χ2n) is 5.55. The zero-order valence-corrected chi connectivity index (χ0v) is 14.4. The Labute approximate surface area is 140 Å². The Balaban J connectivity index is 1.97. The van der Waals surface area contributed by atoms with Crippen LogP contribution in [0.3, 0.4) is 0 Å². The molecule has 3 rings (SSSR count). The highest BCUT2D eigenvalue weighted by molar-refractivity contribution is 7.20. The van der Waals surface area contributed by atoms with Crippen molar-refractivity contribution in [2.75, 3.05) is 6.54 Å². The lowest BCUT2D eigenvalue weighted by atomic mass is 9.97. The number of halogens is 2. The number of hydrogen-bond acceptors (Lipinski definition) is 2. The molecule has 2 aromatic rings. The quantitative estimate of drug-likeness (QED) is 0.743. The van der Waals surface area contributed by atoms with E-state index in [1.807, 2.05) is 6.07 Å². The second kappa shape index (κ2) is 6.70. The molecule has 0 radical (unpaired) electrons. The summed E-state index contributed by atoms with van der Waals surface area (Å²) in [6, 6.07) is 8.98. The third-order valence-electron chi connectivity index (χ3n) is 4.05. The third kappa shape index (κ3) is 3.29. The fourth-order valence-corrected chi connectivity index (χ4v) is 4.55. The first-order valence-corrected chi connectivity index (χ1v) is 9.06. The predicted molar refractivity (Wildman–Crippen MR) is 92.9 cm³/mol. The average molecular weight is 340 g/mol. The molecule has 0 saturated carbocycles. The molecule has 1 atom stereocenters. The maximum atomic E-state index is 6.38. The number of fused-ring (bicyclic) bond motifs is 1. The topological polar surface area (TPSA) is 12.0 Å². The fraction of sp³-hybridized carbons (Fsp3) is 0.412. The lowest BCUT2D eigenvalue weighted by Gasteiger charge is -2.20. The van der Waals surface area contributed by atoms with Crippen LogP contribution in [0.1, 0.15) is 48.1 Å². The Morgan fingerprint density at radius 3 is 2.71 bits per heavy atom. The Bertz CT molecular complexity index is 636. The van der Waals surface area contributed by atoms with E-state index in [0.717, 1.165) is 27.2 Å². The number of thiophene rings is 1. The number of hydrogen-bond donors (Lipinski definition) is 1. The third-order valence-corrected chi connectivity index (χ3v) is 5.57. The maximum absolute atomic E-state index is 6.38. The van der Waals surface area contributed by atoms with Crippen LogP contribution < -0.4 is 5.32 Å². The van der Waals surface area contributed by atoms with Crippen LogP contribution in [0.25, 0.3) is 0 Å². The van der Waals surface area contributed by atoms with E-state index in [0.29, 0.717) is 0 Å². The molecular formula is C17H19Cl2NS. The van der Waals surface area contributed by atoms with Crippen molar-refractivity contribution in [1.82, 2.24) is 5.32 Å². The molecular weight excluding hydrogens is 321 g/mol. The number of rotatable bonds is 5. The molecule has 1 aliphatic rings. The Hall–Kier alpha value is -0.540. The van der Waals surface area contributed by atoms with Crippen LogP contribution in [0.2, 0.25) is 8.67 Å². The van der Waals surface area contributed by atoms with Gasteiger partial charge in [-0.1, -0.05) is 48.3 Å². The largest absolute Gasteiger partial charge is 0.306 e. The molecule has 1 N–H and O–H groups in total. The van der Waals surface area contributed by atoms with Gasteiger partial charge in [-0.15, -0.1) is 11.3 Å². The van der Waals surface area contributed by atoms with Gasteiger partial charge in [0.05, 0.1) is 14.7 Å². The Kier molecular flexibility index (Phi) is 4.90. The molecule has 0 saturated heterocycles. The van der Waals surface area contributed by atoms with Gasteiger partial charge in [0.2, 0.25) is 0 Å². The monoisotopic (exact) mass is 339 g/mol. The molecule has 21 heavy (non-hydrogen) atoms. The molecule has 1 aliphatic carbocycles. The van der Waals surface area contributed by atoms with Crippen LogP contribution in [0.4, 0.5) is 0 Å². The first kappa shape index (κ1) is 15.4. The molecule has 0 fully saturated rings. The zero-order valence-electron chi connectivity index (χ0n) is 12.1. The first-order chi connectivity index (χ1) is 10.2. The van der Waals surface area contributed by atoms with Crippen LogP contribution >= 0.6 is 34.5 Å². The van der Waals surface area contributed by atoms with Crippen LogP contribution in [0, 0.1) is 0 Å². The van der Waals surface area contributed by atoms with Gasteiger partial charge in [-0.05, 0) is 55.0 Å². The molecule has 1 aromatic heterocycles. The molecule has 1 aromatic carbocycles. The average Bonchev–Trinajstić information content (AvgIpc) is 3.05. The van der Waals surface area contributed by atoms with E-state index in [1.165, 1.54) is 47.3 Å². The van der Waals surface area contributed by atoms with Gasteiger partial charge in [0.15, 0.2) is 0 Å². The molecule has 4 heteroatoms. The van der Waals surface area contributed by atoms with E-state index >= 15 is 0 Å². The van der Waals surface area contributed by atoms with E-state index in [9.17, 15) is 0 Å². The molecule has 1 heterocycles. The number of nitrogens with one attached hydrogen (secondary N) is 1. The molecule has 0 spiro atoms. The van der Waals surface area contributed by atoms with Crippen molar-refractivity contribution in [3.05, 3.63) is 55.2 Å². The fourth-order valence-electron chi connectivity index (χ4n) is 3.02. The van der Waals surface area contributed by atoms with Crippen molar-refractivity contribution in [1.29, 1.82) is 0 Å². The summed E-state index contributed by atoms with van der Waals surface area (Å²) in [6.45, 7) is 3.14. The lowest BCUT2D eigenvalue weighted by molar-refractivity contribution is 0.599. The summed E-state index contributed by atoms with van der Waals surface area (Å²) in [5, 5.41) is 3.61. The maximum Gasteiger partial charge on any atom is 0.0995 e. The summed E-state index contributed by atoms with van der Waals surface area (Å²) in [7, 11) is 0. The van der Waals surface area contributed by atoms with Gasteiger partial charge >= 0.3 is 0 Å². The minimum atomic E-state index is 0.132. The SMILES string of the molecule is CCCNC(c1ccc2c(c1)CCC2)c1cc(Cl)sc1Cl. The number of benzene rings is 1. The lowest BCUT2D eigenvalue weighted by Crippen LogP contribution is -2.23. The normalized spacial score (nSPS) is 15.2. The highest BCUT2D eigenvalue weighted by atomic mass is 35.5. The highest BCUT2D eigenvalue weighted by Crippen LogP contribution is 2.38. The van der Waals surface area contributed by atoms with Gasteiger partial charge in [-0.2, -0.15) is 0 Å². The van der Waals surface area contributed by atoms with Gasteiger partial charge in [-0.3, -0.25) is 0 Å². The minimum absolute atomic E-state index is 0.132. The molecule has 1 nitrogen and oxygen atoms in total. The van der Waals surface area contributed by atoms with Gasteiger partial charge in [-0.25, -0.2) is 0 Å². The van der Waals surface area contributed by atoms with Crippen molar-refractivity contribution >= 4 is 34.5 Å². The second-order valence-corrected chi connectivity index (χ2v) is 7.83. The summed E-state index contributed by atoms with van der Waals surface area (Å²) in [6.07, 6.45) is 4.78. The zero-order chi connectivity index (χ0) is 14.8. The van der Waals surface area contributed by atoms with Crippen molar-refractivity contribution < 1.29 is 0 Å². The van der Waals surface area contributed by atoms with Crippen LogP contribution in [0.5, 0.6) is 0 Å². The summed E-state index contributed by atoms with van der Waals surface area (Å²) < 4.78 is 1.54. The van der Waals surface area contributed by atoms with Crippen molar-refractivity contribution in [2.24, 2.45) is 0 Å². The minimum Gasteiger partial charge on any atom is -0.306 e. The highest BCUT2D eigenvalue weighted by Gasteiger charge is 2.21. The molecule has 112 valence electrons. The van der Waals surface area contributed by atoms with E-state index in [-0.39, 0.29) is 6.04 Å². The van der Waals surface area contributed by atoms with Crippen LogP contribution in [0.15, 0.2) is 24.3 Å². The van der Waals surface area contributed by atoms with Gasteiger partial charge in [0.25, 0.3) is 0 Å². The number of aryl methyl sites for hydroxylation is 2. The van der Waals surface area contributed by atoms with Gasteiger partial charge < -0.3 is 5.32 Å². The van der Waals surface area contributed by atoms with Gasteiger partial charge in [0.1, 0.15) is 0 Å². The summed E-state index contributed by atoms with van der Waals surface area (Å²) in [5.74, 6) is 0. The summed E-state index contributed by atoms with van der Waals surface area (Å²) in [4.78, 5) is 0. The Morgan fingerprint density at radius 1 is 1.19 bits per heavy atom. The van der Waals surface area contributed by atoms with E-state index < -0.39 is 0 Å². The smallest absolute Gasteiger partial charge is 0.0995 e. The molecule has 0 bridgehead atoms. The van der Waals surface area contributed by atoms with Gasteiger partial charge in [0, 0.05) is 5.56 Å². The van der Waals surface area contributed by atoms with Crippen molar-refractivity contribution in [2.45, 2.75) is 38.6 Å². The molecule has 0 aliphatic heterocycles. The molecule has 1 unspecified atom stereocenters. The summed E-state index contributed by atoms with van der Waals surface area (Å²) >= 11 is 14.0. The Morgan fingerprint density at radius 2 is 2.00 bits per heavy atom. The first-order valence-electron chi connectivity index (χ1n) is 7.49. The van der Waals surface area contributed by atoms with Crippen LogP contribution in [-0.2, 0) is 12.8 Å². The van der Waals surface area contributed by atoms with Crippen molar-refractivity contribution in [3.8, 4) is 0 Å². The van der Waals surface area contributed by atoms with Crippen LogP contribution in [-0.4, -0.2) is 6.54 Å². The van der Waals surface area contributed by atoms with E-state index in [2.05, 4.69) is 30.4 Å². The van der Waals surface area contributed by atoms with E-state index in [1.54, 1.807) is 0 Å². The summed E-state index contributed by atoms with van der Waals surface area (Å²) in [5.41, 5.74) is 5.38. The standard InChI is InChI=1S/C17H19Cl2NS/c1-2-8-20-16(14-10-15(18)21-17(14)19)13-7-6-11-4-3-5-12(11)9-13/h6-7,9-10,16,20H,2-5,8H2,1H3.